The van der Waals surface area contributed by atoms with E-state index in [1.54, 1.807) is 16.4 Å². The summed E-state index contributed by atoms with van der Waals surface area (Å²) in [4.78, 5) is 0.363. The van der Waals surface area contributed by atoms with E-state index in [4.69, 9.17) is 0 Å². The molecule has 0 radical (unpaired) electrons. The van der Waals surface area contributed by atoms with Gasteiger partial charge in [0.25, 0.3) is 10.0 Å². The highest BCUT2D eigenvalue weighted by molar-refractivity contribution is 7.92. The molecule has 2 aromatic rings. The number of sulfonamides is 1. The number of anilines is 1. The quantitative estimate of drug-likeness (QED) is 0.852. The van der Waals surface area contributed by atoms with Crippen LogP contribution in [-0.2, 0) is 16.4 Å². The molecule has 0 aliphatic carbocycles. The van der Waals surface area contributed by atoms with Gasteiger partial charge in [-0.1, -0.05) is 35.4 Å². The van der Waals surface area contributed by atoms with Crippen molar-refractivity contribution < 1.29 is 8.42 Å². The van der Waals surface area contributed by atoms with Gasteiger partial charge in [-0.3, -0.25) is 4.31 Å². The van der Waals surface area contributed by atoms with Crippen molar-refractivity contribution in [3.05, 3.63) is 59.2 Å². The first-order valence-corrected chi connectivity index (χ1v) is 8.61. The van der Waals surface area contributed by atoms with Crippen LogP contribution in [0.3, 0.4) is 0 Å². The summed E-state index contributed by atoms with van der Waals surface area (Å²) in [6.45, 7) is 4.54. The highest BCUT2D eigenvalue weighted by Crippen LogP contribution is 2.32. The molecule has 21 heavy (non-hydrogen) atoms. The van der Waals surface area contributed by atoms with Crippen LogP contribution in [0.1, 0.15) is 23.1 Å². The van der Waals surface area contributed by atoms with Crippen molar-refractivity contribution in [3.63, 3.8) is 0 Å². The molecular weight excluding hydrogens is 282 g/mol. The van der Waals surface area contributed by atoms with E-state index in [-0.39, 0.29) is 0 Å². The zero-order valence-corrected chi connectivity index (χ0v) is 13.2. The first-order chi connectivity index (χ1) is 9.98. The van der Waals surface area contributed by atoms with Crippen molar-refractivity contribution in [1.82, 2.24) is 0 Å². The van der Waals surface area contributed by atoms with E-state index < -0.39 is 10.0 Å². The van der Waals surface area contributed by atoms with Gasteiger partial charge in [-0.05, 0) is 50.5 Å². The Kier molecular flexibility index (Phi) is 3.49. The van der Waals surface area contributed by atoms with Crippen molar-refractivity contribution in [3.8, 4) is 0 Å². The summed E-state index contributed by atoms with van der Waals surface area (Å²) in [5.74, 6) is 0. The molecule has 3 rings (SSSR count). The van der Waals surface area contributed by atoms with Crippen LogP contribution in [0.25, 0.3) is 0 Å². The van der Waals surface area contributed by atoms with Crippen LogP contribution in [0, 0.1) is 13.8 Å². The van der Waals surface area contributed by atoms with E-state index in [1.165, 1.54) is 5.56 Å². The van der Waals surface area contributed by atoms with E-state index in [0.29, 0.717) is 11.4 Å². The fourth-order valence-electron chi connectivity index (χ4n) is 2.78. The van der Waals surface area contributed by atoms with Gasteiger partial charge in [0.1, 0.15) is 0 Å². The maximum Gasteiger partial charge on any atom is 0.264 e. The Morgan fingerprint density at radius 1 is 0.952 bits per heavy atom. The third-order valence-corrected chi connectivity index (χ3v) is 5.75. The molecule has 4 heteroatoms. The minimum absolute atomic E-state index is 0.363. The predicted octanol–water partition coefficient (Wildman–Crippen LogP) is 3.44. The van der Waals surface area contributed by atoms with Crippen LogP contribution in [0.15, 0.2) is 47.4 Å². The van der Waals surface area contributed by atoms with Gasteiger partial charge < -0.3 is 0 Å². The SMILES string of the molecule is Cc1ccc(S(=O)(=O)N2CCCc3cc(C)ccc32)cc1. The molecule has 0 spiro atoms. The van der Waals surface area contributed by atoms with Crippen molar-refractivity contribution in [2.75, 3.05) is 10.8 Å². The Labute approximate surface area is 126 Å². The summed E-state index contributed by atoms with van der Waals surface area (Å²) >= 11 is 0. The van der Waals surface area contributed by atoms with Crippen LogP contribution in [0.2, 0.25) is 0 Å². The molecule has 2 aromatic carbocycles. The van der Waals surface area contributed by atoms with Gasteiger partial charge in [0, 0.05) is 6.54 Å². The predicted molar refractivity (Wildman–Crippen MR) is 85.2 cm³/mol. The lowest BCUT2D eigenvalue weighted by molar-refractivity contribution is 0.586. The number of aryl methyl sites for hydroxylation is 3. The minimum atomic E-state index is -3.47. The maximum absolute atomic E-state index is 12.9. The number of nitrogens with zero attached hydrogens (tertiary/aromatic N) is 1. The van der Waals surface area contributed by atoms with Gasteiger partial charge in [0.15, 0.2) is 0 Å². The van der Waals surface area contributed by atoms with Gasteiger partial charge in [0.05, 0.1) is 10.6 Å². The van der Waals surface area contributed by atoms with E-state index in [2.05, 4.69) is 6.07 Å². The van der Waals surface area contributed by atoms with Gasteiger partial charge in [-0.2, -0.15) is 0 Å². The Bertz CT molecular complexity index is 764. The number of hydrogen-bond donors (Lipinski definition) is 0. The number of hydrogen-bond acceptors (Lipinski definition) is 2. The van der Waals surface area contributed by atoms with E-state index in [1.807, 2.05) is 38.1 Å². The Hall–Kier alpha value is -1.81. The molecule has 0 atom stereocenters. The molecule has 0 N–H and O–H groups in total. The van der Waals surface area contributed by atoms with E-state index in [9.17, 15) is 8.42 Å². The molecule has 1 heterocycles. The number of fused-ring (bicyclic) bond motifs is 1. The highest BCUT2D eigenvalue weighted by Gasteiger charge is 2.28. The topological polar surface area (TPSA) is 37.4 Å². The second kappa shape index (κ2) is 5.19. The lowest BCUT2D eigenvalue weighted by atomic mass is 10.0. The summed E-state index contributed by atoms with van der Waals surface area (Å²) in [7, 11) is -3.47. The molecule has 0 bridgehead atoms. The second-order valence-electron chi connectivity index (χ2n) is 5.63. The fourth-order valence-corrected chi connectivity index (χ4v) is 4.32. The van der Waals surface area contributed by atoms with Gasteiger partial charge in [-0.15, -0.1) is 0 Å². The summed E-state index contributed by atoms with van der Waals surface area (Å²) < 4.78 is 27.3. The molecule has 1 aliphatic rings. The molecule has 0 fully saturated rings. The smallest absolute Gasteiger partial charge is 0.264 e. The summed E-state index contributed by atoms with van der Waals surface area (Å²) in [5.41, 5.74) is 4.18. The summed E-state index contributed by atoms with van der Waals surface area (Å²) in [5, 5.41) is 0. The monoisotopic (exact) mass is 301 g/mol. The molecule has 110 valence electrons. The van der Waals surface area contributed by atoms with Crippen LogP contribution in [-0.4, -0.2) is 15.0 Å². The van der Waals surface area contributed by atoms with Gasteiger partial charge >= 0.3 is 0 Å². The first-order valence-electron chi connectivity index (χ1n) is 7.17. The molecule has 0 amide bonds. The molecule has 0 saturated heterocycles. The molecule has 0 aromatic heterocycles. The second-order valence-corrected chi connectivity index (χ2v) is 7.49. The Morgan fingerprint density at radius 2 is 1.62 bits per heavy atom. The molecule has 0 unspecified atom stereocenters. The third-order valence-electron chi connectivity index (χ3n) is 3.92. The lowest BCUT2D eigenvalue weighted by Gasteiger charge is -2.30. The zero-order valence-electron chi connectivity index (χ0n) is 12.3. The summed E-state index contributed by atoms with van der Waals surface area (Å²) in [6.07, 6.45) is 1.80. The summed E-state index contributed by atoms with van der Waals surface area (Å²) in [6, 6.07) is 13.0. The molecule has 0 saturated carbocycles. The maximum atomic E-state index is 12.9. The van der Waals surface area contributed by atoms with Crippen molar-refractivity contribution in [2.24, 2.45) is 0 Å². The fraction of sp³-hybridized carbons (Fsp3) is 0.294. The lowest BCUT2D eigenvalue weighted by Crippen LogP contribution is -2.35. The van der Waals surface area contributed by atoms with Crippen LogP contribution >= 0.6 is 0 Å². The van der Waals surface area contributed by atoms with Gasteiger partial charge in [-0.25, -0.2) is 8.42 Å². The average molecular weight is 301 g/mol. The van der Waals surface area contributed by atoms with Crippen molar-refractivity contribution in [1.29, 1.82) is 0 Å². The van der Waals surface area contributed by atoms with Crippen LogP contribution < -0.4 is 4.31 Å². The van der Waals surface area contributed by atoms with Gasteiger partial charge in [0.2, 0.25) is 0 Å². The van der Waals surface area contributed by atoms with Crippen LogP contribution in [0.5, 0.6) is 0 Å². The minimum Gasteiger partial charge on any atom is -0.266 e. The Morgan fingerprint density at radius 3 is 2.33 bits per heavy atom. The first kappa shape index (κ1) is 14.1. The van der Waals surface area contributed by atoms with Crippen molar-refractivity contribution >= 4 is 15.7 Å². The molecule has 1 aliphatic heterocycles. The van der Waals surface area contributed by atoms with Crippen LogP contribution in [0.4, 0.5) is 5.69 Å². The zero-order chi connectivity index (χ0) is 15.0. The molecular formula is C17H19NO2S. The average Bonchev–Trinajstić information content (AvgIpc) is 2.46. The van der Waals surface area contributed by atoms with E-state index >= 15 is 0 Å². The normalized spacial score (nSPS) is 14.9. The third kappa shape index (κ3) is 2.56. The standard InChI is InChI=1S/C17H19NO2S/c1-13-5-8-16(9-6-13)21(19,20)18-11-3-4-15-12-14(2)7-10-17(15)18/h5-10,12H,3-4,11H2,1-2H3. The number of rotatable bonds is 2. The van der Waals surface area contributed by atoms with Crippen molar-refractivity contribution in [2.45, 2.75) is 31.6 Å². The van der Waals surface area contributed by atoms with E-state index in [0.717, 1.165) is 29.7 Å². The highest BCUT2D eigenvalue weighted by atomic mass is 32.2. The number of benzene rings is 2. The largest absolute Gasteiger partial charge is 0.266 e. The molecule has 3 nitrogen and oxygen atoms in total. The Balaban J connectivity index is 2.07.